The number of aromatic nitrogens is 2. The first kappa shape index (κ1) is 16.3. The van der Waals surface area contributed by atoms with Crippen molar-refractivity contribution in [1.82, 2.24) is 15.3 Å². The Balaban J connectivity index is 2.29. The molecule has 1 saturated heterocycles. The van der Waals surface area contributed by atoms with Gasteiger partial charge in [0.05, 0.1) is 0 Å². The summed E-state index contributed by atoms with van der Waals surface area (Å²) in [6.07, 6.45) is 1.62. The number of ether oxygens (including phenoxy) is 2. The lowest BCUT2D eigenvalue weighted by molar-refractivity contribution is -0.100. The number of hydrogen-bond acceptors (Lipinski definition) is 5. The highest BCUT2D eigenvalue weighted by atomic mass is 16.5. The molecule has 1 N–H and O–H groups in total. The summed E-state index contributed by atoms with van der Waals surface area (Å²) in [5.74, 6) is 0.802. The van der Waals surface area contributed by atoms with Crippen LogP contribution in [0.2, 0.25) is 0 Å². The van der Waals surface area contributed by atoms with E-state index in [0.29, 0.717) is 19.3 Å². The molecule has 1 aromatic rings. The highest BCUT2D eigenvalue weighted by Gasteiger charge is 2.37. The summed E-state index contributed by atoms with van der Waals surface area (Å²) in [4.78, 5) is 9.49. The van der Waals surface area contributed by atoms with Crippen molar-refractivity contribution in [3.63, 3.8) is 0 Å². The predicted octanol–water partition coefficient (Wildman–Crippen LogP) is 2.24. The Morgan fingerprint density at radius 2 is 1.76 bits per heavy atom. The summed E-state index contributed by atoms with van der Waals surface area (Å²) >= 11 is 0. The van der Waals surface area contributed by atoms with E-state index in [4.69, 9.17) is 19.4 Å². The zero-order valence-corrected chi connectivity index (χ0v) is 13.8. The smallest absolute Gasteiger partial charge is 0.160 e. The zero-order chi connectivity index (χ0) is 15.5. The lowest BCUT2D eigenvalue weighted by atomic mass is 9.92. The number of rotatable bonds is 5. The van der Waals surface area contributed by atoms with Crippen LogP contribution in [-0.2, 0) is 21.6 Å². The lowest BCUT2D eigenvalue weighted by Gasteiger charge is -2.34. The van der Waals surface area contributed by atoms with E-state index in [-0.39, 0.29) is 0 Å². The number of aryl methyl sites for hydroxylation is 2. The summed E-state index contributed by atoms with van der Waals surface area (Å²) in [5, 5.41) is 3.43. The maximum atomic E-state index is 5.79. The van der Waals surface area contributed by atoms with Gasteiger partial charge in [-0.2, -0.15) is 0 Å². The van der Waals surface area contributed by atoms with Crippen LogP contribution in [0.15, 0.2) is 0 Å². The second kappa shape index (κ2) is 6.81. The van der Waals surface area contributed by atoms with Gasteiger partial charge in [0.15, 0.2) is 5.82 Å². The fourth-order valence-electron chi connectivity index (χ4n) is 2.73. The van der Waals surface area contributed by atoms with Gasteiger partial charge in [0, 0.05) is 62.7 Å². The Labute approximate surface area is 127 Å². The van der Waals surface area contributed by atoms with Crippen LogP contribution in [0.4, 0.5) is 0 Å². The Hall–Kier alpha value is -1.04. The molecule has 0 aliphatic carbocycles. The van der Waals surface area contributed by atoms with Crippen molar-refractivity contribution < 1.29 is 9.47 Å². The molecule has 2 rings (SSSR count). The van der Waals surface area contributed by atoms with E-state index < -0.39 is 5.60 Å². The fourth-order valence-corrected chi connectivity index (χ4v) is 2.73. The highest BCUT2D eigenvalue weighted by Crippen LogP contribution is 2.33. The molecule has 0 atom stereocenters. The third-order valence-electron chi connectivity index (χ3n) is 4.21. The van der Waals surface area contributed by atoms with Crippen LogP contribution < -0.4 is 5.32 Å². The van der Waals surface area contributed by atoms with Gasteiger partial charge < -0.3 is 14.8 Å². The zero-order valence-electron chi connectivity index (χ0n) is 13.8. The molecular formula is C16H27N3O2. The molecule has 1 aliphatic rings. The van der Waals surface area contributed by atoms with E-state index in [0.717, 1.165) is 36.6 Å². The third kappa shape index (κ3) is 3.59. The van der Waals surface area contributed by atoms with Crippen LogP contribution in [0, 0.1) is 13.8 Å². The first-order valence-electron chi connectivity index (χ1n) is 7.69. The van der Waals surface area contributed by atoms with Gasteiger partial charge in [-0.1, -0.05) is 13.8 Å². The summed E-state index contributed by atoms with van der Waals surface area (Å²) in [7, 11) is 1.74. The minimum atomic E-state index is -0.391. The second-order valence-electron chi connectivity index (χ2n) is 6.04. The fraction of sp³-hybridized carbons (Fsp3) is 0.750. The lowest BCUT2D eigenvalue weighted by Crippen LogP contribution is -2.38. The van der Waals surface area contributed by atoms with Gasteiger partial charge in [-0.25, -0.2) is 9.97 Å². The van der Waals surface area contributed by atoms with Gasteiger partial charge in [-0.3, -0.25) is 0 Å². The molecule has 0 spiro atoms. The largest absolute Gasteiger partial charge is 0.381 e. The van der Waals surface area contributed by atoms with Crippen molar-refractivity contribution in [3.8, 4) is 0 Å². The van der Waals surface area contributed by atoms with Gasteiger partial charge in [0.25, 0.3) is 0 Å². The normalized spacial score (nSPS) is 18.2. The Bertz CT molecular complexity index is 459. The average molecular weight is 293 g/mol. The van der Waals surface area contributed by atoms with E-state index in [1.54, 1.807) is 7.11 Å². The molecule has 118 valence electrons. The Morgan fingerprint density at radius 1 is 1.19 bits per heavy atom. The standard InChI is InChI=1S/C16H27N3O2/c1-11(2)17-10-14-12(3)18-15(19-13(14)4)16(20-5)6-8-21-9-7-16/h11,17H,6-10H2,1-5H3. The number of hydrogen-bond donors (Lipinski definition) is 1. The van der Waals surface area contributed by atoms with Gasteiger partial charge in [-0.15, -0.1) is 0 Å². The monoisotopic (exact) mass is 293 g/mol. The van der Waals surface area contributed by atoms with E-state index in [9.17, 15) is 0 Å². The summed E-state index contributed by atoms with van der Waals surface area (Å²) in [6, 6.07) is 0.448. The maximum absolute atomic E-state index is 5.79. The van der Waals surface area contributed by atoms with Gasteiger partial charge in [0.1, 0.15) is 5.60 Å². The molecule has 5 nitrogen and oxygen atoms in total. The molecule has 0 aromatic carbocycles. The molecule has 2 heterocycles. The van der Waals surface area contributed by atoms with Crippen LogP contribution >= 0.6 is 0 Å². The Kier molecular flexibility index (Phi) is 5.30. The van der Waals surface area contributed by atoms with E-state index >= 15 is 0 Å². The quantitative estimate of drug-likeness (QED) is 0.902. The topological polar surface area (TPSA) is 56.3 Å². The van der Waals surface area contributed by atoms with Crippen molar-refractivity contribution in [1.29, 1.82) is 0 Å². The van der Waals surface area contributed by atoms with Gasteiger partial charge >= 0.3 is 0 Å². The average Bonchev–Trinajstić information content (AvgIpc) is 2.46. The van der Waals surface area contributed by atoms with Crippen LogP contribution in [0.3, 0.4) is 0 Å². The minimum absolute atomic E-state index is 0.391. The molecule has 1 aromatic heterocycles. The Morgan fingerprint density at radius 3 is 2.24 bits per heavy atom. The van der Waals surface area contributed by atoms with E-state index in [2.05, 4.69) is 33.0 Å². The van der Waals surface area contributed by atoms with E-state index in [1.165, 1.54) is 5.56 Å². The SMILES string of the molecule is COC1(c2nc(C)c(CNC(C)C)c(C)n2)CCOCC1. The molecule has 1 aliphatic heterocycles. The molecular weight excluding hydrogens is 266 g/mol. The summed E-state index contributed by atoms with van der Waals surface area (Å²) < 4.78 is 11.2. The van der Waals surface area contributed by atoms with E-state index in [1.807, 2.05) is 0 Å². The van der Waals surface area contributed by atoms with Crippen LogP contribution in [0.1, 0.15) is 49.5 Å². The second-order valence-corrected chi connectivity index (χ2v) is 6.04. The minimum Gasteiger partial charge on any atom is -0.381 e. The van der Waals surface area contributed by atoms with Crippen LogP contribution in [0.5, 0.6) is 0 Å². The van der Waals surface area contributed by atoms with Crippen molar-refractivity contribution in [3.05, 3.63) is 22.8 Å². The first-order valence-corrected chi connectivity index (χ1v) is 7.69. The van der Waals surface area contributed by atoms with Gasteiger partial charge in [0.2, 0.25) is 0 Å². The molecule has 0 bridgehead atoms. The van der Waals surface area contributed by atoms with Crippen LogP contribution in [0.25, 0.3) is 0 Å². The van der Waals surface area contributed by atoms with Crippen molar-refractivity contribution in [2.45, 2.75) is 58.7 Å². The molecule has 1 fully saturated rings. The van der Waals surface area contributed by atoms with Crippen molar-refractivity contribution in [2.75, 3.05) is 20.3 Å². The van der Waals surface area contributed by atoms with Crippen molar-refractivity contribution in [2.24, 2.45) is 0 Å². The molecule has 0 saturated carbocycles. The summed E-state index contributed by atoms with van der Waals surface area (Å²) in [5.41, 5.74) is 2.87. The number of methoxy groups -OCH3 is 1. The summed E-state index contributed by atoms with van der Waals surface area (Å²) in [6.45, 7) is 10.6. The molecule has 0 unspecified atom stereocenters. The van der Waals surface area contributed by atoms with Crippen LogP contribution in [-0.4, -0.2) is 36.3 Å². The molecule has 5 heteroatoms. The molecule has 0 radical (unpaired) electrons. The predicted molar refractivity (Wildman–Crippen MR) is 82.2 cm³/mol. The molecule has 21 heavy (non-hydrogen) atoms. The number of nitrogens with zero attached hydrogens (tertiary/aromatic N) is 2. The third-order valence-corrected chi connectivity index (χ3v) is 4.21. The highest BCUT2D eigenvalue weighted by molar-refractivity contribution is 5.26. The van der Waals surface area contributed by atoms with Gasteiger partial charge in [-0.05, 0) is 13.8 Å². The van der Waals surface area contributed by atoms with Crippen molar-refractivity contribution >= 4 is 0 Å². The first-order chi connectivity index (χ1) is 9.98. The maximum Gasteiger partial charge on any atom is 0.160 e. The number of nitrogens with one attached hydrogen (secondary N) is 1. The molecule has 0 amide bonds.